The number of nitrogens with one attached hydrogen (secondary N) is 1. The fraction of sp³-hybridized carbons (Fsp3) is 0.462. The van der Waals surface area contributed by atoms with E-state index in [0.717, 1.165) is 56.3 Å². The molecule has 2 aliphatic heterocycles. The van der Waals surface area contributed by atoms with Gasteiger partial charge in [-0.3, -0.25) is 9.32 Å². The average molecular weight is 526 g/mol. The van der Waals surface area contributed by atoms with E-state index >= 15 is 0 Å². The van der Waals surface area contributed by atoms with Crippen LogP contribution in [0.25, 0.3) is 22.3 Å². The van der Waals surface area contributed by atoms with Gasteiger partial charge in [-0.05, 0) is 39.4 Å². The summed E-state index contributed by atoms with van der Waals surface area (Å²) in [4.78, 5) is 22.6. The van der Waals surface area contributed by atoms with Crippen LogP contribution in [0.2, 0.25) is 0 Å². The summed E-state index contributed by atoms with van der Waals surface area (Å²) < 4.78 is 18.7. The number of likely N-dealkylation sites (N-methyl/N-ethyl adjacent to an activating group) is 1. The molecule has 11 heteroatoms. The lowest BCUT2D eigenvalue weighted by atomic mass is 10.1. The number of fused-ring (bicyclic) bond motifs is 1. The zero-order valence-electron chi connectivity index (χ0n) is 21.7. The van der Waals surface area contributed by atoms with Crippen LogP contribution in [-0.4, -0.2) is 85.4 Å². The van der Waals surface area contributed by atoms with Crippen LogP contribution in [-0.2, 0) is 0 Å². The molecule has 0 radical (unpaired) electrons. The van der Waals surface area contributed by atoms with Crippen LogP contribution in [0.5, 0.6) is 0 Å². The molecular weight excluding hydrogens is 493 g/mol. The van der Waals surface area contributed by atoms with Crippen molar-refractivity contribution in [2.24, 2.45) is 4.99 Å². The van der Waals surface area contributed by atoms with Crippen LogP contribution < -0.4 is 5.32 Å². The molecule has 0 unspecified atom stereocenters. The van der Waals surface area contributed by atoms with Gasteiger partial charge in [0.2, 0.25) is 0 Å². The van der Waals surface area contributed by atoms with Crippen molar-refractivity contribution in [1.29, 1.82) is 0 Å². The maximum Gasteiger partial charge on any atom is 0.151 e. The Morgan fingerprint density at radius 1 is 1.08 bits per heavy atom. The van der Waals surface area contributed by atoms with Gasteiger partial charge in [-0.15, -0.1) is 0 Å². The first kappa shape index (κ1) is 25.6. The van der Waals surface area contributed by atoms with E-state index in [9.17, 15) is 4.39 Å². The van der Waals surface area contributed by atoms with Crippen LogP contribution >= 0.6 is 11.8 Å². The Hall–Kier alpha value is -3.08. The molecule has 0 spiro atoms. The third kappa shape index (κ3) is 5.46. The average Bonchev–Trinajstić information content (AvgIpc) is 3.23. The molecule has 1 fully saturated rings. The Bertz CT molecular complexity index is 1340. The van der Waals surface area contributed by atoms with Crippen molar-refractivity contribution in [2.45, 2.75) is 33.7 Å². The molecule has 3 aromatic rings. The quantitative estimate of drug-likeness (QED) is 0.481. The summed E-state index contributed by atoms with van der Waals surface area (Å²) >= 11 is 6.59. The number of amidine groups is 1. The van der Waals surface area contributed by atoms with E-state index < -0.39 is 0 Å². The van der Waals surface area contributed by atoms with Gasteiger partial charge in [-0.2, -0.15) is 0 Å². The van der Waals surface area contributed by atoms with Crippen molar-refractivity contribution >= 4 is 34.5 Å². The van der Waals surface area contributed by atoms with Gasteiger partial charge in [0, 0.05) is 62.2 Å². The zero-order valence-corrected chi connectivity index (χ0v) is 22.5. The van der Waals surface area contributed by atoms with Gasteiger partial charge in [-0.25, -0.2) is 24.3 Å². The molecule has 1 N–H and O–H groups in total. The van der Waals surface area contributed by atoms with E-state index in [-0.39, 0.29) is 11.9 Å². The first-order chi connectivity index (χ1) is 17.8. The van der Waals surface area contributed by atoms with E-state index in [0.29, 0.717) is 35.0 Å². The van der Waals surface area contributed by atoms with Crippen LogP contribution in [0.4, 0.5) is 10.2 Å². The van der Waals surface area contributed by atoms with E-state index in [1.165, 1.54) is 12.4 Å². The van der Waals surface area contributed by atoms with E-state index in [2.05, 4.69) is 55.8 Å². The van der Waals surface area contributed by atoms with E-state index in [1.54, 1.807) is 10.5 Å². The molecule has 4 heterocycles. The van der Waals surface area contributed by atoms with Gasteiger partial charge in [0.25, 0.3) is 0 Å². The van der Waals surface area contributed by atoms with Gasteiger partial charge in [-0.1, -0.05) is 6.92 Å². The number of halogens is 2. The van der Waals surface area contributed by atoms with Crippen LogP contribution in [0, 0.1) is 12.7 Å². The summed E-state index contributed by atoms with van der Waals surface area (Å²) in [6, 6.07) is 5.35. The molecule has 2 aromatic heterocycles. The maximum absolute atomic E-state index is 15.0. The van der Waals surface area contributed by atoms with E-state index in [4.69, 9.17) is 11.8 Å². The summed E-state index contributed by atoms with van der Waals surface area (Å²) in [7, 11) is 0. The fourth-order valence-corrected chi connectivity index (χ4v) is 5.18. The number of hydrogen-bond acceptors (Lipinski definition) is 8. The summed E-state index contributed by atoms with van der Waals surface area (Å²) in [6.07, 6.45) is 3.27. The highest BCUT2D eigenvalue weighted by Crippen LogP contribution is 2.29. The number of imidazole rings is 1. The molecule has 2 aliphatic rings. The molecule has 1 saturated heterocycles. The lowest BCUT2D eigenvalue weighted by Gasteiger charge is -2.35. The number of aliphatic imine (C=N–C) groups is 1. The molecule has 1 aromatic carbocycles. The molecule has 196 valence electrons. The Balaban J connectivity index is 1.32. The molecule has 9 nitrogen and oxygen atoms in total. The Morgan fingerprint density at radius 3 is 2.54 bits per heavy atom. The highest BCUT2D eigenvalue weighted by Gasteiger charge is 2.22. The molecule has 0 amide bonds. The standard InChI is InChI=1S/C26H33ClFN9/c1-5-34-6-8-35(9-7-34)14-20-13-29-25(15-36(20)27)33-24-12-22(30-16-31-24)19-10-21(28)26-23(11-19)37(17(2)3)18(4)32-26/h10-13,16-17H,5-9,14-15H2,1-4H3,(H,29,30,31,33). The fourth-order valence-electron chi connectivity index (χ4n) is 4.97. The van der Waals surface area contributed by atoms with Crippen molar-refractivity contribution < 1.29 is 4.39 Å². The van der Waals surface area contributed by atoms with Gasteiger partial charge >= 0.3 is 0 Å². The number of hydrogen-bond donors (Lipinski definition) is 1. The Labute approximate surface area is 221 Å². The first-order valence-electron chi connectivity index (χ1n) is 12.7. The molecule has 0 aliphatic carbocycles. The first-order valence-corrected chi connectivity index (χ1v) is 13.1. The second-order valence-electron chi connectivity index (χ2n) is 9.79. The predicted molar refractivity (Wildman–Crippen MR) is 146 cm³/mol. The monoisotopic (exact) mass is 525 g/mol. The number of aromatic nitrogens is 4. The lowest BCUT2D eigenvalue weighted by Crippen LogP contribution is -2.47. The van der Waals surface area contributed by atoms with Crippen molar-refractivity contribution in [2.75, 3.05) is 51.1 Å². The summed E-state index contributed by atoms with van der Waals surface area (Å²) in [5.74, 6) is 1.65. The summed E-state index contributed by atoms with van der Waals surface area (Å²) in [6.45, 7) is 14.7. The smallest absolute Gasteiger partial charge is 0.151 e. The van der Waals surface area contributed by atoms with Crippen LogP contribution in [0.1, 0.15) is 32.6 Å². The molecule has 5 rings (SSSR count). The minimum Gasteiger partial charge on any atom is -0.327 e. The van der Waals surface area contributed by atoms with Gasteiger partial charge in [0.1, 0.15) is 29.3 Å². The third-order valence-electron chi connectivity index (χ3n) is 6.94. The molecule has 37 heavy (non-hydrogen) atoms. The van der Waals surface area contributed by atoms with Crippen molar-refractivity contribution in [1.82, 2.24) is 33.7 Å². The molecule has 0 bridgehead atoms. The van der Waals surface area contributed by atoms with Crippen molar-refractivity contribution in [3.63, 3.8) is 0 Å². The normalized spacial score (nSPS) is 17.4. The molecule has 0 saturated carbocycles. The number of anilines is 1. The van der Waals surface area contributed by atoms with Crippen LogP contribution in [0.3, 0.4) is 0 Å². The Kier molecular flexibility index (Phi) is 7.41. The largest absolute Gasteiger partial charge is 0.327 e. The van der Waals surface area contributed by atoms with Gasteiger partial charge in [0.15, 0.2) is 5.82 Å². The SMILES string of the molecule is CCN1CCN(CC2=CN=C(Nc3cc(-c4cc(F)c5nc(C)n(C(C)C)c5c4)ncn3)CN2Cl)CC1. The summed E-state index contributed by atoms with van der Waals surface area (Å²) in [5.41, 5.74) is 3.36. The Morgan fingerprint density at radius 2 is 1.84 bits per heavy atom. The number of benzene rings is 1. The highest BCUT2D eigenvalue weighted by molar-refractivity contribution is 6.17. The maximum atomic E-state index is 15.0. The number of nitrogens with zero attached hydrogens (tertiary/aromatic N) is 8. The second kappa shape index (κ2) is 10.7. The topological polar surface area (TPSA) is 77.7 Å². The predicted octanol–water partition coefficient (Wildman–Crippen LogP) is 4.28. The number of rotatable bonds is 6. The van der Waals surface area contributed by atoms with Gasteiger partial charge in [0.05, 0.1) is 29.7 Å². The zero-order chi connectivity index (χ0) is 26.1. The van der Waals surface area contributed by atoms with E-state index in [1.807, 2.05) is 23.8 Å². The van der Waals surface area contributed by atoms with Gasteiger partial charge < -0.3 is 14.8 Å². The number of piperazine rings is 1. The highest BCUT2D eigenvalue weighted by atomic mass is 35.5. The number of aryl methyl sites for hydroxylation is 1. The second-order valence-corrected chi connectivity index (χ2v) is 10.2. The molecular formula is C26H33ClFN9. The minimum absolute atomic E-state index is 0.156. The van der Waals surface area contributed by atoms with Crippen molar-refractivity contribution in [3.05, 3.63) is 48.1 Å². The minimum atomic E-state index is -0.369. The van der Waals surface area contributed by atoms with Crippen LogP contribution in [0.15, 0.2) is 41.4 Å². The summed E-state index contributed by atoms with van der Waals surface area (Å²) in [5, 5.41) is 3.24. The lowest BCUT2D eigenvalue weighted by molar-refractivity contribution is 0.142. The van der Waals surface area contributed by atoms with Crippen molar-refractivity contribution in [3.8, 4) is 11.3 Å². The molecule has 0 atom stereocenters. The third-order valence-corrected chi connectivity index (χ3v) is 7.28.